The van der Waals surface area contributed by atoms with Crippen molar-refractivity contribution in [1.29, 1.82) is 0 Å². The van der Waals surface area contributed by atoms with Gasteiger partial charge in [-0.1, -0.05) is 30.3 Å². The lowest BCUT2D eigenvalue weighted by Crippen LogP contribution is -2.24. The first-order chi connectivity index (χ1) is 11.6. The van der Waals surface area contributed by atoms with E-state index in [0.717, 1.165) is 11.1 Å². The second kappa shape index (κ2) is 5.09. The lowest BCUT2D eigenvalue weighted by molar-refractivity contribution is 0.456. The molecule has 0 fully saturated rings. The first-order valence-electron chi connectivity index (χ1n) is 7.45. The van der Waals surface area contributed by atoms with E-state index < -0.39 is 5.54 Å². The Balaban J connectivity index is 2.05. The van der Waals surface area contributed by atoms with Gasteiger partial charge in [0, 0.05) is 0 Å². The van der Waals surface area contributed by atoms with Gasteiger partial charge in [-0.15, -0.1) is 0 Å². The molecule has 0 aromatic heterocycles. The third-order valence-corrected chi connectivity index (χ3v) is 4.26. The van der Waals surface area contributed by atoms with Crippen molar-refractivity contribution >= 4 is 5.69 Å². The molecular formula is C19H14N2O3. The van der Waals surface area contributed by atoms with E-state index in [2.05, 4.69) is 10.2 Å². The molecule has 0 saturated heterocycles. The molecule has 0 saturated carbocycles. The highest BCUT2D eigenvalue weighted by atomic mass is 16.3. The predicted octanol–water partition coefficient (Wildman–Crippen LogP) is 4.19. The van der Waals surface area contributed by atoms with Gasteiger partial charge < -0.3 is 15.3 Å². The Morgan fingerprint density at radius 1 is 0.667 bits per heavy atom. The molecular weight excluding hydrogens is 304 g/mol. The van der Waals surface area contributed by atoms with Crippen LogP contribution in [0.2, 0.25) is 0 Å². The van der Waals surface area contributed by atoms with Gasteiger partial charge in [-0.3, -0.25) is 0 Å². The van der Waals surface area contributed by atoms with Gasteiger partial charge in [0.15, 0.2) is 5.54 Å². The van der Waals surface area contributed by atoms with Crippen LogP contribution in [0.15, 0.2) is 77.0 Å². The molecule has 3 aromatic rings. The molecule has 1 aliphatic rings. The van der Waals surface area contributed by atoms with Gasteiger partial charge in [0.25, 0.3) is 0 Å². The highest BCUT2D eigenvalue weighted by molar-refractivity contribution is 5.67. The zero-order valence-corrected chi connectivity index (χ0v) is 12.6. The molecule has 0 unspecified atom stereocenters. The zero-order valence-electron chi connectivity index (χ0n) is 12.6. The van der Waals surface area contributed by atoms with Crippen molar-refractivity contribution in [3.63, 3.8) is 0 Å². The SMILES string of the molecule is Oc1ccc(C2(c3ccc(O)cc3)N=Nc3cccc(O)c32)cc1. The Morgan fingerprint density at radius 3 is 1.75 bits per heavy atom. The molecule has 0 aliphatic carbocycles. The van der Waals surface area contributed by atoms with Crippen LogP contribution in [0.5, 0.6) is 17.2 Å². The maximum Gasteiger partial charge on any atom is 0.163 e. The minimum Gasteiger partial charge on any atom is -0.508 e. The Morgan fingerprint density at radius 2 is 1.21 bits per heavy atom. The summed E-state index contributed by atoms with van der Waals surface area (Å²) in [6.07, 6.45) is 0. The molecule has 118 valence electrons. The lowest BCUT2D eigenvalue weighted by Gasteiger charge is -2.28. The van der Waals surface area contributed by atoms with Gasteiger partial charge in [0.05, 0.1) is 11.3 Å². The van der Waals surface area contributed by atoms with Crippen molar-refractivity contribution in [2.75, 3.05) is 0 Å². The summed E-state index contributed by atoms with van der Waals surface area (Å²) >= 11 is 0. The van der Waals surface area contributed by atoms with Crippen LogP contribution in [-0.2, 0) is 5.54 Å². The van der Waals surface area contributed by atoms with Gasteiger partial charge in [0.2, 0.25) is 0 Å². The number of hydrogen-bond donors (Lipinski definition) is 3. The van der Waals surface area contributed by atoms with E-state index in [-0.39, 0.29) is 17.2 Å². The number of aromatic hydroxyl groups is 3. The maximum absolute atomic E-state index is 10.5. The van der Waals surface area contributed by atoms with E-state index >= 15 is 0 Å². The average Bonchev–Trinajstić information content (AvgIpc) is 2.98. The molecule has 0 amide bonds. The molecule has 0 spiro atoms. The first kappa shape index (κ1) is 14.3. The van der Waals surface area contributed by atoms with Gasteiger partial charge in [-0.05, 0) is 47.5 Å². The quantitative estimate of drug-likeness (QED) is 0.662. The number of phenols is 3. The van der Waals surface area contributed by atoms with Crippen molar-refractivity contribution in [2.45, 2.75) is 5.54 Å². The Bertz CT molecular complexity index is 886. The smallest absolute Gasteiger partial charge is 0.163 e. The van der Waals surface area contributed by atoms with Gasteiger partial charge in [-0.25, -0.2) is 0 Å². The summed E-state index contributed by atoms with van der Waals surface area (Å²) in [4.78, 5) is 0. The molecule has 0 radical (unpaired) electrons. The van der Waals surface area contributed by atoms with Crippen LogP contribution in [0.4, 0.5) is 5.69 Å². The van der Waals surface area contributed by atoms with Gasteiger partial charge in [-0.2, -0.15) is 10.2 Å². The van der Waals surface area contributed by atoms with E-state index in [9.17, 15) is 15.3 Å². The van der Waals surface area contributed by atoms with Crippen molar-refractivity contribution in [2.24, 2.45) is 10.2 Å². The highest BCUT2D eigenvalue weighted by Gasteiger charge is 2.44. The van der Waals surface area contributed by atoms with E-state index in [0.29, 0.717) is 11.3 Å². The number of rotatable bonds is 2. The molecule has 3 N–H and O–H groups in total. The van der Waals surface area contributed by atoms with Crippen LogP contribution in [-0.4, -0.2) is 15.3 Å². The lowest BCUT2D eigenvalue weighted by atomic mass is 9.77. The molecule has 5 heteroatoms. The molecule has 4 rings (SSSR count). The van der Waals surface area contributed by atoms with Crippen LogP contribution in [0.25, 0.3) is 0 Å². The molecule has 0 atom stereocenters. The van der Waals surface area contributed by atoms with Crippen LogP contribution >= 0.6 is 0 Å². The topological polar surface area (TPSA) is 85.4 Å². The fraction of sp³-hybridized carbons (Fsp3) is 0.0526. The average molecular weight is 318 g/mol. The van der Waals surface area contributed by atoms with Crippen LogP contribution in [0, 0.1) is 0 Å². The second-order valence-electron chi connectivity index (χ2n) is 5.68. The minimum atomic E-state index is -1.03. The van der Waals surface area contributed by atoms with Crippen LogP contribution in [0.3, 0.4) is 0 Å². The number of benzene rings is 3. The number of phenolic OH excluding ortho intramolecular Hbond substituents is 3. The van der Waals surface area contributed by atoms with Gasteiger partial charge >= 0.3 is 0 Å². The second-order valence-corrected chi connectivity index (χ2v) is 5.68. The third-order valence-electron chi connectivity index (χ3n) is 4.26. The largest absolute Gasteiger partial charge is 0.508 e. The zero-order chi connectivity index (χ0) is 16.7. The number of azo groups is 1. The van der Waals surface area contributed by atoms with Gasteiger partial charge in [0.1, 0.15) is 17.2 Å². The predicted molar refractivity (Wildman–Crippen MR) is 88.7 cm³/mol. The summed E-state index contributed by atoms with van der Waals surface area (Å²) in [6.45, 7) is 0. The van der Waals surface area contributed by atoms with Crippen molar-refractivity contribution in [1.82, 2.24) is 0 Å². The molecule has 0 bridgehead atoms. The van der Waals surface area contributed by atoms with E-state index in [1.54, 1.807) is 66.7 Å². The normalized spacial score (nSPS) is 14.5. The Hall–Kier alpha value is -3.34. The summed E-state index contributed by atoms with van der Waals surface area (Å²) in [5.41, 5.74) is 1.67. The van der Waals surface area contributed by atoms with E-state index in [4.69, 9.17) is 0 Å². The first-order valence-corrected chi connectivity index (χ1v) is 7.45. The summed E-state index contributed by atoms with van der Waals surface area (Å²) < 4.78 is 0. The molecule has 5 nitrogen and oxygen atoms in total. The third kappa shape index (κ3) is 1.95. The van der Waals surface area contributed by atoms with Crippen LogP contribution in [0.1, 0.15) is 16.7 Å². The highest BCUT2D eigenvalue weighted by Crippen LogP contribution is 2.53. The van der Waals surface area contributed by atoms with Crippen molar-refractivity contribution in [3.8, 4) is 17.2 Å². The fourth-order valence-corrected chi connectivity index (χ4v) is 3.14. The maximum atomic E-state index is 10.5. The van der Waals surface area contributed by atoms with E-state index in [1.165, 1.54) is 0 Å². The Kier molecular flexibility index (Phi) is 3.03. The fourth-order valence-electron chi connectivity index (χ4n) is 3.14. The summed E-state index contributed by atoms with van der Waals surface area (Å²) in [7, 11) is 0. The Labute approximate surface area is 138 Å². The monoisotopic (exact) mass is 318 g/mol. The summed E-state index contributed by atoms with van der Waals surface area (Å²) in [6, 6.07) is 18.4. The summed E-state index contributed by atoms with van der Waals surface area (Å²) in [5, 5.41) is 38.4. The van der Waals surface area contributed by atoms with E-state index in [1.807, 2.05) is 0 Å². The van der Waals surface area contributed by atoms with Crippen LogP contribution < -0.4 is 0 Å². The molecule has 1 aliphatic heterocycles. The molecule has 3 aromatic carbocycles. The molecule has 1 heterocycles. The van der Waals surface area contributed by atoms with Crippen molar-refractivity contribution < 1.29 is 15.3 Å². The number of nitrogens with zero attached hydrogens (tertiary/aromatic N) is 2. The molecule has 24 heavy (non-hydrogen) atoms. The minimum absolute atomic E-state index is 0.0960. The number of hydrogen-bond acceptors (Lipinski definition) is 5. The summed E-state index contributed by atoms with van der Waals surface area (Å²) in [5.74, 6) is 0.387. The van der Waals surface area contributed by atoms with Crippen molar-refractivity contribution in [3.05, 3.63) is 83.4 Å². The number of fused-ring (bicyclic) bond motifs is 1. The standard InChI is InChI=1S/C19H14N2O3/c22-14-8-4-12(5-9-14)19(13-6-10-15(23)11-7-13)18-16(20-21-19)2-1-3-17(18)24/h1-11,22-24H.